The van der Waals surface area contributed by atoms with Gasteiger partial charge >= 0.3 is 0 Å². The first-order chi connectivity index (χ1) is 13.7. The van der Waals surface area contributed by atoms with Crippen LogP contribution in [0.4, 0.5) is 5.69 Å². The molecule has 7 heteroatoms. The SMILES string of the molecule is Cc1ccc(C(=O)N2CCC[C@H](c3nc4ccc(N5CCCC5)cn4n3)C2)s1. The van der Waals surface area contributed by atoms with Crippen molar-refractivity contribution >= 4 is 28.6 Å². The summed E-state index contributed by atoms with van der Waals surface area (Å²) in [7, 11) is 0. The van der Waals surface area contributed by atoms with E-state index in [9.17, 15) is 4.79 Å². The Morgan fingerprint density at radius 2 is 1.96 bits per heavy atom. The van der Waals surface area contributed by atoms with Crippen molar-refractivity contribution in [2.75, 3.05) is 31.1 Å². The van der Waals surface area contributed by atoms with Crippen molar-refractivity contribution in [3.05, 3.63) is 46.0 Å². The van der Waals surface area contributed by atoms with Crippen molar-refractivity contribution in [1.29, 1.82) is 0 Å². The number of aromatic nitrogens is 3. The second-order valence-corrected chi connectivity index (χ2v) is 9.14. The topological polar surface area (TPSA) is 53.7 Å². The molecular formula is C21H25N5OS. The normalized spacial score (nSPS) is 20.2. The summed E-state index contributed by atoms with van der Waals surface area (Å²) in [4.78, 5) is 24.0. The number of likely N-dealkylation sites (tertiary alicyclic amines) is 1. The Labute approximate surface area is 168 Å². The lowest BCUT2D eigenvalue weighted by molar-refractivity contribution is 0.0709. The molecule has 146 valence electrons. The van der Waals surface area contributed by atoms with E-state index in [1.54, 1.807) is 11.3 Å². The number of fused-ring (bicyclic) bond motifs is 1. The number of anilines is 1. The van der Waals surface area contributed by atoms with Crippen molar-refractivity contribution < 1.29 is 4.79 Å². The molecule has 2 aliphatic heterocycles. The molecule has 0 saturated carbocycles. The standard InChI is InChI=1S/C21H25N5OS/c1-15-6-8-18(28-15)21(27)25-12-4-5-16(13-25)20-22-19-9-7-17(14-26(19)23-20)24-10-2-3-11-24/h6-9,14,16H,2-5,10-13H2,1H3/t16-/m0/s1. The molecular weight excluding hydrogens is 370 g/mol. The predicted octanol–water partition coefficient (Wildman–Crippen LogP) is 3.72. The molecule has 3 aromatic heterocycles. The van der Waals surface area contributed by atoms with Gasteiger partial charge in [-0.15, -0.1) is 11.3 Å². The molecule has 3 aromatic rings. The second kappa shape index (κ2) is 7.20. The number of piperidine rings is 1. The number of hydrogen-bond donors (Lipinski definition) is 0. The summed E-state index contributed by atoms with van der Waals surface area (Å²) < 4.78 is 1.91. The number of amides is 1. The Hall–Kier alpha value is -2.41. The number of thiophene rings is 1. The maximum absolute atomic E-state index is 12.8. The zero-order valence-corrected chi connectivity index (χ0v) is 17.0. The minimum absolute atomic E-state index is 0.142. The third kappa shape index (κ3) is 3.28. The molecule has 0 aromatic carbocycles. The maximum Gasteiger partial charge on any atom is 0.263 e. The predicted molar refractivity (Wildman–Crippen MR) is 111 cm³/mol. The lowest BCUT2D eigenvalue weighted by Crippen LogP contribution is -2.39. The smallest absolute Gasteiger partial charge is 0.263 e. The van der Waals surface area contributed by atoms with E-state index in [1.807, 2.05) is 28.5 Å². The van der Waals surface area contributed by atoms with Crippen molar-refractivity contribution in [3.63, 3.8) is 0 Å². The summed E-state index contributed by atoms with van der Waals surface area (Å²) in [5, 5.41) is 4.78. The van der Waals surface area contributed by atoms with Gasteiger partial charge in [0.1, 0.15) is 0 Å². The van der Waals surface area contributed by atoms with Crippen LogP contribution in [0.1, 0.15) is 52.0 Å². The third-order valence-corrected chi connectivity index (χ3v) is 6.82. The average Bonchev–Trinajstić information content (AvgIpc) is 3.47. The number of aryl methyl sites for hydroxylation is 1. The minimum Gasteiger partial charge on any atom is -0.370 e. The molecule has 0 spiro atoms. The zero-order chi connectivity index (χ0) is 19.1. The van der Waals surface area contributed by atoms with E-state index in [0.717, 1.165) is 48.8 Å². The molecule has 6 nitrogen and oxygen atoms in total. The molecule has 2 fully saturated rings. The average molecular weight is 396 g/mol. The number of carbonyl (C=O) groups is 1. The number of rotatable bonds is 3. The number of hydrogen-bond acceptors (Lipinski definition) is 5. The van der Waals surface area contributed by atoms with Crippen molar-refractivity contribution in [3.8, 4) is 0 Å². The Morgan fingerprint density at radius 3 is 2.75 bits per heavy atom. The fraction of sp³-hybridized carbons (Fsp3) is 0.476. The van der Waals surface area contributed by atoms with Crippen LogP contribution in [0.5, 0.6) is 0 Å². The van der Waals surface area contributed by atoms with Gasteiger partial charge in [0, 0.05) is 37.0 Å². The van der Waals surface area contributed by atoms with Crippen LogP contribution >= 0.6 is 11.3 Å². The van der Waals surface area contributed by atoms with E-state index in [1.165, 1.54) is 23.4 Å². The first-order valence-corrected chi connectivity index (χ1v) is 11.0. The number of nitrogens with zero attached hydrogens (tertiary/aromatic N) is 5. The first-order valence-electron chi connectivity index (χ1n) is 10.1. The monoisotopic (exact) mass is 395 g/mol. The quantitative estimate of drug-likeness (QED) is 0.678. The van der Waals surface area contributed by atoms with Gasteiger partial charge < -0.3 is 9.80 Å². The van der Waals surface area contributed by atoms with Crippen LogP contribution in [0.25, 0.3) is 5.65 Å². The molecule has 1 amide bonds. The Kier molecular flexibility index (Phi) is 4.55. The molecule has 0 unspecified atom stereocenters. The molecule has 2 aliphatic rings. The number of carbonyl (C=O) groups excluding carboxylic acids is 1. The van der Waals surface area contributed by atoms with Crippen molar-refractivity contribution in [2.45, 2.75) is 38.5 Å². The van der Waals surface area contributed by atoms with Gasteiger partial charge in [-0.3, -0.25) is 4.79 Å². The fourth-order valence-electron chi connectivity index (χ4n) is 4.30. The molecule has 0 N–H and O–H groups in total. The highest BCUT2D eigenvalue weighted by atomic mass is 32.1. The zero-order valence-electron chi connectivity index (χ0n) is 16.2. The van der Waals surface area contributed by atoms with E-state index in [0.29, 0.717) is 6.54 Å². The van der Waals surface area contributed by atoms with Crippen LogP contribution in [-0.4, -0.2) is 51.6 Å². The third-order valence-electron chi connectivity index (χ3n) is 5.83. The molecule has 0 bridgehead atoms. The summed E-state index contributed by atoms with van der Waals surface area (Å²) in [6.45, 7) is 5.80. The van der Waals surface area contributed by atoms with Crippen LogP contribution in [-0.2, 0) is 0 Å². The molecule has 2 saturated heterocycles. The Morgan fingerprint density at radius 1 is 1.11 bits per heavy atom. The molecule has 5 rings (SSSR count). The van der Waals surface area contributed by atoms with Crippen LogP contribution in [0.15, 0.2) is 30.5 Å². The maximum atomic E-state index is 12.8. The van der Waals surface area contributed by atoms with Gasteiger partial charge in [0.25, 0.3) is 5.91 Å². The van der Waals surface area contributed by atoms with Gasteiger partial charge in [0.2, 0.25) is 0 Å². The van der Waals surface area contributed by atoms with Gasteiger partial charge in [-0.1, -0.05) is 0 Å². The van der Waals surface area contributed by atoms with Gasteiger partial charge in [0.05, 0.1) is 16.8 Å². The lowest BCUT2D eigenvalue weighted by Gasteiger charge is -2.31. The summed E-state index contributed by atoms with van der Waals surface area (Å²) in [5.41, 5.74) is 2.10. The van der Waals surface area contributed by atoms with E-state index in [-0.39, 0.29) is 11.8 Å². The lowest BCUT2D eigenvalue weighted by atomic mass is 9.97. The van der Waals surface area contributed by atoms with Crippen LogP contribution in [0.2, 0.25) is 0 Å². The van der Waals surface area contributed by atoms with E-state index in [4.69, 9.17) is 10.1 Å². The van der Waals surface area contributed by atoms with E-state index >= 15 is 0 Å². The highest BCUT2D eigenvalue weighted by Crippen LogP contribution is 2.28. The highest BCUT2D eigenvalue weighted by Gasteiger charge is 2.28. The number of pyridine rings is 1. The summed E-state index contributed by atoms with van der Waals surface area (Å²) in [6.07, 6.45) is 6.64. The van der Waals surface area contributed by atoms with E-state index < -0.39 is 0 Å². The van der Waals surface area contributed by atoms with Crippen LogP contribution in [0.3, 0.4) is 0 Å². The molecule has 1 atom stereocenters. The summed E-state index contributed by atoms with van der Waals surface area (Å²) in [6, 6.07) is 8.16. The molecule has 28 heavy (non-hydrogen) atoms. The van der Waals surface area contributed by atoms with Gasteiger partial charge in [-0.25, -0.2) is 9.50 Å². The summed E-state index contributed by atoms with van der Waals surface area (Å²) in [5.74, 6) is 1.20. The second-order valence-electron chi connectivity index (χ2n) is 7.85. The first kappa shape index (κ1) is 17.7. The highest BCUT2D eigenvalue weighted by molar-refractivity contribution is 7.13. The fourth-order valence-corrected chi connectivity index (χ4v) is 5.14. The molecule has 5 heterocycles. The molecule has 0 aliphatic carbocycles. The Balaban J connectivity index is 1.36. The van der Waals surface area contributed by atoms with E-state index in [2.05, 4.69) is 23.2 Å². The van der Waals surface area contributed by atoms with Crippen molar-refractivity contribution in [2.24, 2.45) is 0 Å². The van der Waals surface area contributed by atoms with Gasteiger partial charge in [-0.05, 0) is 56.9 Å². The molecule has 0 radical (unpaired) electrons. The largest absolute Gasteiger partial charge is 0.370 e. The van der Waals surface area contributed by atoms with Crippen LogP contribution in [0, 0.1) is 6.92 Å². The van der Waals surface area contributed by atoms with Crippen molar-refractivity contribution in [1.82, 2.24) is 19.5 Å². The van der Waals surface area contributed by atoms with Gasteiger partial charge in [-0.2, -0.15) is 5.10 Å². The van der Waals surface area contributed by atoms with Gasteiger partial charge in [0.15, 0.2) is 11.5 Å². The Bertz CT molecular complexity index is 1000. The summed E-state index contributed by atoms with van der Waals surface area (Å²) >= 11 is 1.57. The minimum atomic E-state index is 0.142. The van der Waals surface area contributed by atoms with Crippen LogP contribution < -0.4 is 4.90 Å².